The van der Waals surface area contributed by atoms with E-state index in [1.807, 2.05) is 54.8 Å². The average Bonchev–Trinajstić information content (AvgIpc) is 2.83. The summed E-state index contributed by atoms with van der Waals surface area (Å²) in [5.41, 5.74) is 1.91. The lowest BCUT2D eigenvalue weighted by Crippen LogP contribution is -2.41. The SMILES string of the molecule is CC(C)[n+]1c(C(=O)CCl)c(O)n2c3cccccc3cc21. The maximum Gasteiger partial charge on any atom is 0.339 e. The molecule has 3 aromatic rings. The molecule has 2 aromatic heterocycles. The Balaban J connectivity index is 2.51. The van der Waals surface area contributed by atoms with E-state index in [0.29, 0.717) is 0 Å². The highest BCUT2D eigenvalue weighted by Crippen LogP contribution is 2.27. The van der Waals surface area contributed by atoms with Crippen molar-refractivity contribution in [2.24, 2.45) is 0 Å². The van der Waals surface area contributed by atoms with E-state index >= 15 is 0 Å². The van der Waals surface area contributed by atoms with Crippen molar-refractivity contribution in [3.8, 4) is 5.88 Å². The van der Waals surface area contributed by atoms with Gasteiger partial charge in [-0.3, -0.25) is 4.79 Å². The van der Waals surface area contributed by atoms with E-state index in [-0.39, 0.29) is 29.3 Å². The molecule has 0 spiro atoms. The molecular weight excluding hydrogens is 288 g/mol. The summed E-state index contributed by atoms with van der Waals surface area (Å²) in [7, 11) is 0. The molecule has 1 N–H and O–H groups in total. The number of ketones is 1. The van der Waals surface area contributed by atoms with Crippen LogP contribution < -0.4 is 4.57 Å². The number of fused-ring (bicyclic) bond motifs is 3. The number of imidazole rings is 1. The zero-order valence-electron chi connectivity index (χ0n) is 11.9. The van der Waals surface area contributed by atoms with Gasteiger partial charge in [0.25, 0.3) is 11.3 Å². The molecule has 0 fully saturated rings. The molecule has 108 valence electrons. The molecule has 0 aliphatic heterocycles. The third-order valence-electron chi connectivity index (χ3n) is 3.62. The molecular formula is C16H16ClN2O2+. The second-order valence-electron chi connectivity index (χ2n) is 5.28. The maximum atomic E-state index is 12.1. The molecule has 21 heavy (non-hydrogen) atoms. The van der Waals surface area contributed by atoms with Crippen LogP contribution in [0.3, 0.4) is 0 Å². The van der Waals surface area contributed by atoms with Crippen LogP contribution in [0.5, 0.6) is 5.88 Å². The molecule has 0 aliphatic carbocycles. The van der Waals surface area contributed by atoms with E-state index in [0.717, 1.165) is 16.6 Å². The van der Waals surface area contributed by atoms with Gasteiger partial charge < -0.3 is 5.11 Å². The summed E-state index contributed by atoms with van der Waals surface area (Å²) in [5.74, 6) is -0.482. The summed E-state index contributed by atoms with van der Waals surface area (Å²) >= 11 is 5.69. The number of rotatable bonds is 3. The van der Waals surface area contributed by atoms with Gasteiger partial charge in [-0.2, -0.15) is 4.40 Å². The summed E-state index contributed by atoms with van der Waals surface area (Å²) in [6.07, 6.45) is 0. The summed E-state index contributed by atoms with van der Waals surface area (Å²) in [5, 5.41) is 11.6. The number of aromatic nitrogens is 2. The second kappa shape index (κ2) is 5.04. The maximum absolute atomic E-state index is 12.1. The van der Waals surface area contributed by atoms with Gasteiger partial charge >= 0.3 is 5.88 Å². The largest absolute Gasteiger partial charge is 0.474 e. The van der Waals surface area contributed by atoms with Crippen LogP contribution in [0.4, 0.5) is 0 Å². The van der Waals surface area contributed by atoms with Crippen LogP contribution in [-0.4, -0.2) is 21.2 Å². The molecule has 5 heteroatoms. The Morgan fingerprint density at radius 1 is 1.33 bits per heavy atom. The molecule has 4 nitrogen and oxygen atoms in total. The number of carbonyl (C=O) groups is 1. The molecule has 2 heterocycles. The highest BCUT2D eigenvalue weighted by atomic mass is 35.5. The molecule has 0 radical (unpaired) electrons. The number of hydrogen-bond acceptors (Lipinski definition) is 2. The summed E-state index contributed by atoms with van der Waals surface area (Å²) in [4.78, 5) is 12.1. The van der Waals surface area contributed by atoms with Gasteiger partial charge in [0, 0.05) is 11.5 Å². The van der Waals surface area contributed by atoms with Crippen molar-refractivity contribution < 1.29 is 14.5 Å². The molecule has 0 unspecified atom stereocenters. The minimum absolute atomic E-state index is 0.0358. The van der Waals surface area contributed by atoms with Crippen LogP contribution in [0.1, 0.15) is 30.4 Å². The third kappa shape index (κ3) is 1.98. The highest BCUT2D eigenvalue weighted by Gasteiger charge is 2.33. The lowest BCUT2D eigenvalue weighted by Gasteiger charge is -2.03. The standard InChI is InChI=1S/C16H15ClN2O2/c1-10(2)18-14-8-11-6-4-3-5-7-12(11)19(14)16(21)15(18)13(20)9-17/h3-8,10H,9H2,1-2H3/p+1. The van der Waals surface area contributed by atoms with Crippen LogP contribution in [0.15, 0.2) is 36.4 Å². The fourth-order valence-electron chi connectivity index (χ4n) is 2.78. The van der Waals surface area contributed by atoms with Gasteiger partial charge in [0.15, 0.2) is 0 Å². The van der Waals surface area contributed by atoms with E-state index in [9.17, 15) is 9.90 Å². The monoisotopic (exact) mass is 303 g/mol. The molecule has 0 aliphatic rings. The van der Waals surface area contributed by atoms with Gasteiger partial charge in [-0.25, -0.2) is 4.57 Å². The normalized spacial score (nSPS) is 11.6. The smallest absolute Gasteiger partial charge is 0.339 e. The van der Waals surface area contributed by atoms with Crippen molar-refractivity contribution in [1.29, 1.82) is 0 Å². The van der Waals surface area contributed by atoms with Gasteiger partial charge in [-0.15, -0.1) is 11.6 Å². The number of carbonyl (C=O) groups excluding carboxylic acids is 1. The predicted octanol–water partition coefficient (Wildman–Crippen LogP) is 3.09. The fraction of sp³-hybridized carbons (Fsp3) is 0.250. The average molecular weight is 304 g/mol. The number of alkyl halides is 1. The van der Waals surface area contributed by atoms with E-state index in [2.05, 4.69) is 0 Å². The Morgan fingerprint density at radius 2 is 2.05 bits per heavy atom. The molecule has 0 saturated carbocycles. The van der Waals surface area contributed by atoms with Crippen LogP contribution in [0.25, 0.3) is 16.6 Å². The van der Waals surface area contributed by atoms with Crippen molar-refractivity contribution in [2.75, 3.05) is 5.88 Å². The lowest BCUT2D eigenvalue weighted by molar-refractivity contribution is -0.692. The number of nitrogens with zero attached hydrogens (tertiary/aromatic N) is 2. The zero-order valence-corrected chi connectivity index (χ0v) is 12.6. The number of Topliss-reactive ketones (excluding diaryl/α,β-unsaturated/α-hetero) is 1. The van der Waals surface area contributed by atoms with Gasteiger partial charge in [0.2, 0.25) is 5.78 Å². The minimum Gasteiger partial charge on any atom is -0.474 e. The summed E-state index contributed by atoms with van der Waals surface area (Å²) in [6, 6.07) is 11.7. The second-order valence-corrected chi connectivity index (χ2v) is 5.55. The van der Waals surface area contributed by atoms with E-state index < -0.39 is 0 Å². The van der Waals surface area contributed by atoms with Gasteiger partial charge in [-0.05, 0) is 19.9 Å². The number of aromatic hydroxyl groups is 1. The van der Waals surface area contributed by atoms with Crippen molar-refractivity contribution in [2.45, 2.75) is 19.9 Å². The van der Waals surface area contributed by atoms with Gasteiger partial charge in [0.05, 0.1) is 11.9 Å². The molecule has 0 atom stereocenters. The Kier molecular flexibility index (Phi) is 3.33. The molecule has 1 aromatic carbocycles. The van der Waals surface area contributed by atoms with Crippen LogP contribution in [-0.2, 0) is 0 Å². The highest BCUT2D eigenvalue weighted by molar-refractivity contribution is 6.30. The molecule has 0 saturated heterocycles. The van der Waals surface area contributed by atoms with Crippen molar-refractivity contribution in [1.82, 2.24) is 4.40 Å². The van der Waals surface area contributed by atoms with E-state index in [4.69, 9.17) is 11.6 Å². The zero-order chi connectivity index (χ0) is 15.1. The van der Waals surface area contributed by atoms with Crippen LogP contribution in [0.2, 0.25) is 0 Å². The molecule has 3 rings (SSSR count). The Hall–Kier alpha value is -2.07. The van der Waals surface area contributed by atoms with Crippen LogP contribution >= 0.6 is 11.6 Å². The first-order chi connectivity index (χ1) is 10.1. The first kappa shape index (κ1) is 13.9. The summed E-state index contributed by atoms with van der Waals surface area (Å²) in [6.45, 7) is 3.95. The Morgan fingerprint density at radius 3 is 2.71 bits per heavy atom. The van der Waals surface area contributed by atoms with E-state index in [1.54, 1.807) is 4.40 Å². The van der Waals surface area contributed by atoms with Gasteiger partial charge in [-0.1, -0.05) is 24.3 Å². The number of halogens is 1. The Labute approximate surface area is 127 Å². The van der Waals surface area contributed by atoms with Crippen molar-refractivity contribution in [3.05, 3.63) is 42.1 Å². The first-order valence-corrected chi connectivity index (χ1v) is 7.35. The topological polar surface area (TPSA) is 45.6 Å². The predicted molar refractivity (Wildman–Crippen MR) is 82.2 cm³/mol. The van der Waals surface area contributed by atoms with Gasteiger partial charge in [0.1, 0.15) is 5.52 Å². The molecule has 0 bridgehead atoms. The fourth-order valence-corrected chi connectivity index (χ4v) is 2.90. The first-order valence-electron chi connectivity index (χ1n) is 6.82. The lowest BCUT2D eigenvalue weighted by atomic mass is 10.2. The van der Waals surface area contributed by atoms with E-state index in [1.165, 1.54) is 0 Å². The van der Waals surface area contributed by atoms with Crippen molar-refractivity contribution in [3.63, 3.8) is 0 Å². The van der Waals surface area contributed by atoms with Crippen molar-refractivity contribution >= 4 is 33.9 Å². The summed E-state index contributed by atoms with van der Waals surface area (Å²) < 4.78 is 3.54. The minimum atomic E-state index is -0.278. The number of hydrogen-bond donors (Lipinski definition) is 1. The third-order valence-corrected chi connectivity index (χ3v) is 3.86. The Bertz CT molecular complexity index is 852. The van der Waals surface area contributed by atoms with Crippen LogP contribution in [0, 0.1) is 0 Å². The quantitative estimate of drug-likeness (QED) is 0.459. The molecule has 0 amide bonds.